The van der Waals surface area contributed by atoms with E-state index < -0.39 is 27.9 Å². The minimum Gasteiger partial charge on any atom is -0.445 e. The Balaban J connectivity index is 2.52. The summed E-state index contributed by atoms with van der Waals surface area (Å²) in [6.07, 6.45) is 0.994. The third kappa shape index (κ3) is 11.6. The number of ether oxygens (including phenoxy) is 2. The molecule has 0 saturated heterocycles. The smallest absolute Gasteiger partial charge is 0.408 e. The van der Waals surface area contributed by atoms with Crippen molar-refractivity contribution in [3.05, 3.63) is 35.9 Å². The second-order valence-corrected chi connectivity index (χ2v) is 9.00. The fourth-order valence-electron chi connectivity index (χ4n) is 2.23. The van der Waals surface area contributed by atoms with Crippen molar-refractivity contribution in [2.24, 2.45) is 0 Å². The molecule has 2 N–H and O–H groups in total. The highest BCUT2D eigenvalue weighted by Crippen LogP contribution is 2.03. The maximum Gasteiger partial charge on any atom is 0.408 e. The Bertz CT molecular complexity index is 706. The Morgan fingerprint density at radius 3 is 2.43 bits per heavy atom. The zero-order chi connectivity index (χ0) is 21.0. The normalized spacial score (nSPS) is 12.4. The molecule has 8 nitrogen and oxygen atoms in total. The van der Waals surface area contributed by atoms with Gasteiger partial charge < -0.3 is 20.1 Å². The van der Waals surface area contributed by atoms with Gasteiger partial charge in [0.1, 0.15) is 22.5 Å². The van der Waals surface area contributed by atoms with Crippen LogP contribution < -0.4 is 10.6 Å². The summed E-state index contributed by atoms with van der Waals surface area (Å²) in [5.41, 5.74) is 0.806. The van der Waals surface area contributed by atoms with Crippen molar-refractivity contribution in [2.45, 2.75) is 45.4 Å². The van der Waals surface area contributed by atoms with Gasteiger partial charge in [0, 0.05) is 19.4 Å². The molecule has 0 aromatic heterocycles. The summed E-state index contributed by atoms with van der Waals surface area (Å²) < 4.78 is 33.4. The minimum atomic E-state index is -3.27. The van der Waals surface area contributed by atoms with Crippen molar-refractivity contribution in [1.29, 1.82) is 0 Å². The van der Waals surface area contributed by atoms with Gasteiger partial charge in [-0.25, -0.2) is 13.2 Å². The van der Waals surface area contributed by atoms with Crippen LogP contribution in [0.1, 0.15) is 32.3 Å². The number of nitrogens with one attached hydrogen (secondary N) is 2. The van der Waals surface area contributed by atoms with Crippen molar-refractivity contribution in [1.82, 2.24) is 10.6 Å². The third-order valence-electron chi connectivity index (χ3n) is 3.67. The number of rotatable bonds is 12. The lowest BCUT2D eigenvalue weighted by Gasteiger charge is -2.18. The number of alkyl carbamates (subject to hydrolysis) is 1. The van der Waals surface area contributed by atoms with Gasteiger partial charge >= 0.3 is 6.09 Å². The van der Waals surface area contributed by atoms with E-state index in [1.54, 1.807) is 12.1 Å². The highest BCUT2D eigenvalue weighted by atomic mass is 32.2. The maximum absolute atomic E-state index is 12.3. The van der Waals surface area contributed by atoms with Gasteiger partial charge in [-0.3, -0.25) is 4.79 Å². The first-order valence-electron chi connectivity index (χ1n) is 9.21. The van der Waals surface area contributed by atoms with Crippen LogP contribution >= 0.6 is 0 Å². The van der Waals surface area contributed by atoms with Crippen LogP contribution in [0.3, 0.4) is 0 Å². The van der Waals surface area contributed by atoms with E-state index in [4.69, 9.17) is 9.47 Å². The minimum absolute atomic E-state index is 0.0341. The zero-order valence-electron chi connectivity index (χ0n) is 16.6. The molecule has 0 bridgehead atoms. The monoisotopic (exact) mass is 414 g/mol. The molecule has 0 aliphatic rings. The molecular formula is C19H30N2O6S. The molecule has 0 aliphatic carbocycles. The molecule has 0 saturated carbocycles. The zero-order valence-corrected chi connectivity index (χ0v) is 17.5. The number of amides is 2. The largest absolute Gasteiger partial charge is 0.445 e. The van der Waals surface area contributed by atoms with Crippen LogP contribution in [0.25, 0.3) is 0 Å². The van der Waals surface area contributed by atoms with Crippen LogP contribution in [0.2, 0.25) is 0 Å². The van der Waals surface area contributed by atoms with E-state index in [0.29, 0.717) is 19.6 Å². The van der Waals surface area contributed by atoms with E-state index in [1.807, 2.05) is 32.0 Å². The summed E-state index contributed by atoms with van der Waals surface area (Å²) in [6, 6.07) is 8.11. The van der Waals surface area contributed by atoms with Crippen molar-refractivity contribution >= 4 is 21.8 Å². The Morgan fingerprint density at radius 1 is 1.14 bits per heavy atom. The number of hydrogen-bond acceptors (Lipinski definition) is 6. The van der Waals surface area contributed by atoms with Crippen molar-refractivity contribution in [3.63, 3.8) is 0 Å². The molecule has 1 unspecified atom stereocenters. The van der Waals surface area contributed by atoms with Crippen LogP contribution in [0, 0.1) is 0 Å². The fourth-order valence-corrected chi connectivity index (χ4v) is 2.90. The maximum atomic E-state index is 12.3. The van der Waals surface area contributed by atoms with E-state index in [-0.39, 0.29) is 24.9 Å². The predicted octanol–water partition coefficient (Wildman–Crippen LogP) is 1.65. The summed E-state index contributed by atoms with van der Waals surface area (Å²) in [6.45, 7) is 4.76. The fraction of sp³-hybridized carbons (Fsp3) is 0.579. The SMILES string of the molecule is CC(C)OCCCNC(=O)C(CCS(C)(=O)=O)NC(=O)OCc1ccccc1. The van der Waals surface area contributed by atoms with E-state index >= 15 is 0 Å². The molecule has 0 radical (unpaired) electrons. The molecule has 0 aliphatic heterocycles. The molecule has 1 rings (SSSR count). The quantitative estimate of drug-likeness (QED) is 0.503. The molecule has 2 amide bonds. The Labute approximate surface area is 166 Å². The molecule has 1 aromatic rings. The number of carbonyl (C=O) groups excluding carboxylic acids is 2. The lowest BCUT2D eigenvalue weighted by Crippen LogP contribution is -2.48. The van der Waals surface area contributed by atoms with E-state index in [9.17, 15) is 18.0 Å². The van der Waals surface area contributed by atoms with Gasteiger partial charge in [0.2, 0.25) is 5.91 Å². The lowest BCUT2D eigenvalue weighted by molar-refractivity contribution is -0.123. The van der Waals surface area contributed by atoms with Gasteiger partial charge in [0.25, 0.3) is 0 Å². The van der Waals surface area contributed by atoms with Gasteiger partial charge in [-0.15, -0.1) is 0 Å². The molecule has 9 heteroatoms. The van der Waals surface area contributed by atoms with E-state index in [0.717, 1.165) is 11.8 Å². The lowest BCUT2D eigenvalue weighted by atomic mass is 10.2. The standard InChI is InChI=1S/C19H30N2O6S/c1-15(2)26-12-7-11-20-18(22)17(10-13-28(3,24)25)21-19(23)27-14-16-8-5-4-6-9-16/h4-6,8-9,15,17H,7,10-14H2,1-3H3,(H,20,22)(H,21,23). The van der Waals surface area contributed by atoms with Crippen LogP contribution in [0.5, 0.6) is 0 Å². The van der Waals surface area contributed by atoms with Crippen LogP contribution in [-0.2, 0) is 30.7 Å². The third-order valence-corrected chi connectivity index (χ3v) is 4.65. The molecule has 0 fully saturated rings. The average Bonchev–Trinajstić information content (AvgIpc) is 2.62. The second-order valence-electron chi connectivity index (χ2n) is 6.74. The van der Waals surface area contributed by atoms with Crippen LogP contribution in [0.15, 0.2) is 30.3 Å². The molecule has 0 spiro atoms. The Morgan fingerprint density at radius 2 is 1.82 bits per heavy atom. The number of sulfone groups is 1. The first-order chi connectivity index (χ1) is 13.2. The summed E-state index contributed by atoms with van der Waals surface area (Å²) >= 11 is 0. The van der Waals surface area contributed by atoms with Crippen LogP contribution in [-0.4, -0.2) is 57.7 Å². The summed E-state index contributed by atoms with van der Waals surface area (Å²) in [5.74, 6) is -0.676. The van der Waals surface area contributed by atoms with Crippen molar-refractivity contribution in [3.8, 4) is 0 Å². The Kier molecular flexibility index (Phi) is 10.5. The van der Waals surface area contributed by atoms with Gasteiger partial charge in [-0.1, -0.05) is 30.3 Å². The molecular weight excluding hydrogens is 384 g/mol. The topological polar surface area (TPSA) is 111 Å². The highest BCUT2D eigenvalue weighted by molar-refractivity contribution is 7.90. The Hall–Kier alpha value is -2.13. The molecule has 28 heavy (non-hydrogen) atoms. The van der Waals surface area contributed by atoms with Crippen molar-refractivity contribution in [2.75, 3.05) is 25.2 Å². The molecule has 0 heterocycles. The number of hydrogen-bond donors (Lipinski definition) is 2. The predicted molar refractivity (Wildman–Crippen MR) is 107 cm³/mol. The van der Waals surface area contributed by atoms with Gasteiger partial charge in [-0.05, 0) is 32.3 Å². The van der Waals surface area contributed by atoms with Gasteiger partial charge in [0.05, 0.1) is 11.9 Å². The summed E-state index contributed by atoms with van der Waals surface area (Å²) in [7, 11) is -3.27. The van der Waals surface area contributed by atoms with Gasteiger partial charge in [-0.2, -0.15) is 0 Å². The van der Waals surface area contributed by atoms with Gasteiger partial charge in [0.15, 0.2) is 0 Å². The summed E-state index contributed by atoms with van der Waals surface area (Å²) in [4.78, 5) is 24.4. The van der Waals surface area contributed by atoms with E-state index in [2.05, 4.69) is 10.6 Å². The highest BCUT2D eigenvalue weighted by Gasteiger charge is 2.22. The van der Waals surface area contributed by atoms with Crippen molar-refractivity contribution < 1.29 is 27.5 Å². The second kappa shape index (κ2) is 12.4. The number of carbonyl (C=O) groups is 2. The first-order valence-corrected chi connectivity index (χ1v) is 11.3. The molecule has 1 aromatic carbocycles. The number of benzene rings is 1. The molecule has 158 valence electrons. The summed E-state index contributed by atoms with van der Waals surface area (Å²) in [5, 5.41) is 5.14. The van der Waals surface area contributed by atoms with E-state index in [1.165, 1.54) is 0 Å². The first kappa shape index (κ1) is 23.9. The average molecular weight is 415 g/mol. The molecule has 1 atom stereocenters. The van der Waals surface area contributed by atoms with Crippen LogP contribution in [0.4, 0.5) is 4.79 Å².